The highest BCUT2D eigenvalue weighted by atomic mass is 32.1. The summed E-state index contributed by atoms with van der Waals surface area (Å²) in [6, 6.07) is 8.10. The van der Waals surface area contributed by atoms with Crippen molar-refractivity contribution in [3.8, 4) is 0 Å². The van der Waals surface area contributed by atoms with Crippen LogP contribution in [0, 0.1) is 11.3 Å². The molecular weight excluding hydrogens is 382 g/mol. The van der Waals surface area contributed by atoms with Crippen LogP contribution >= 0.6 is 11.3 Å². The van der Waals surface area contributed by atoms with Gasteiger partial charge in [-0.15, -0.1) is 11.3 Å². The molecule has 1 saturated carbocycles. The maximum absolute atomic E-state index is 12.6. The van der Waals surface area contributed by atoms with E-state index in [2.05, 4.69) is 22.4 Å². The predicted molar refractivity (Wildman–Crippen MR) is 114 cm³/mol. The Hall–Kier alpha value is -2.21. The number of fused-ring (bicyclic) bond motifs is 2. The average Bonchev–Trinajstić information content (AvgIpc) is 3.29. The van der Waals surface area contributed by atoms with Crippen LogP contribution in [0.1, 0.15) is 50.0 Å². The van der Waals surface area contributed by atoms with Crippen LogP contribution in [0.15, 0.2) is 36.0 Å². The number of aromatic nitrogens is 1. The minimum atomic E-state index is -0.0473. The van der Waals surface area contributed by atoms with E-state index in [1.165, 1.54) is 23.2 Å². The summed E-state index contributed by atoms with van der Waals surface area (Å²) in [5, 5.41) is 4.20. The molecule has 2 fully saturated rings. The van der Waals surface area contributed by atoms with E-state index in [1.807, 2.05) is 23.1 Å². The molecule has 1 aromatic carbocycles. The van der Waals surface area contributed by atoms with Gasteiger partial charge < -0.3 is 10.2 Å². The topological polar surface area (TPSA) is 62.3 Å². The molecule has 0 bridgehead atoms. The number of benzene rings is 1. The number of rotatable bonds is 7. The zero-order valence-corrected chi connectivity index (χ0v) is 17.5. The monoisotopic (exact) mass is 409 g/mol. The van der Waals surface area contributed by atoms with Gasteiger partial charge in [-0.3, -0.25) is 9.59 Å². The Morgan fingerprint density at radius 2 is 2.14 bits per heavy atom. The molecule has 1 unspecified atom stereocenters. The fourth-order valence-corrected chi connectivity index (χ4v) is 5.69. The van der Waals surface area contributed by atoms with Gasteiger partial charge >= 0.3 is 0 Å². The largest absolute Gasteiger partial charge is 0.355 e. The lowest BCUT2D eigenvalue weighted by molar-refractivity contribution is -0.133. The molecule has 3 aliphatic rings. The average molecular weight is 410 g/mol. The third-order valence-electron chi connectivity index (χ3n) is 6.58. The number of amides is 2. The van der Waals surface area contributed by atoms with E-state index in [9.17, 15) is 9.59 Å². The van der Waals surface area contributed by atoms with Crippen LogP contribution in [0.3, 0.4) is 0 Å². The molecule has 1 saturated heterocycles. The van der Waals surface area contributed by atoms with Crippen molar-refractivity contribution < 1.29 is 9.59 Å². The van der Waals surface area contributed by atoms with Crippen LogP contribution < -0.4 is 5.32 Å². The number of nitrogens with zero attached hydrogens (tertiary/aromatic N) is 2. The molecule has 2 amide bonds. The summed E-state index contributed by atoms with van der Waals surface area (Å²) in [7, 11) is 0. The van der Waals surface area contributed by atoms with Gasteiger partial charge in [0.25, 0.3) is 0 Å². The lowest BCUT2D eigenvalue weighted by atomic mass is 9.76. The molecule has 2 aromatic rings. The third-order valence-corrected chi connectivity index (χ3v) is 7.68. The number of likely N-dealkylation sites (tertiary alicyclic amines) is 1. The van der Waals surface area contributed by atoms with Crippen molar-refractivity contribution in [3.63, 3.8) is 0 Å². The summed E-state index contributed by atoms with van der Waals surface area (Å²) < 4.78 is 1.17. The number of hydrogen-bond acceptors (Lipinski definition) is 4. The van der Waals surface area contributed by atoms with Gasteiger partial charge in [0, 0.05) is 43.5 Å². The first-order valence-corrected chi connectivity index (χ1v) is 11.6. The van der Waals surface area contributed by atoms with Gasteiger partial charge in [0.05, 0.1) is 15.2 Å². The summed E-state index contributed by atoms with van der Waals surface area (Å²) >= 11 is 1.67. The van der Waals surface area contributed by atoms with Gasteiger partial charge in [0.15, 0.2) is 0 Å². The summed E-state index contributed by atoms with van der Waals surface area (Å²) in [5.41, 5.74) is 2.15. The number of aryl methyl sites for hydroxylation is 1. The van der Waals surface area contributed by atoms with Crippen molar-refractivity contribution in [2.45, 2.75) is 51.4 Å². The van der Waals surface area contributed by atoms with Gasteiger partial charge in [-0.05, 0) is 50.2 Å². The fourth-order valence-electron chi connectivity index (χ4n) is 4.72. The molecule has 152 valence electrons. The zero-order chi connectivity index (χ0) is 19.8. The number of carbonyl (C=O) groups is 2. The van der Waals surface area contributed by atoms with Gasteiger partial charge in [-0.25, -0.2) is 4.98 Å². The Labute approximate surface area is 175 Å². The van der Waals surface area contributed by atoms with E-state index in [0.29, 0.717) is 31.7 Å². The van der Waals surface area contributed by atoms with E-state index in [4.69, 9.17) is 0 Å². The second-order valence-corrected chi connectivity index (χ2v) is 9.82. The first-order valence-electron chi connectivity index (χ1n) is 10.8. The second kappa shape index (κ2) is 7.56. The summed E-state index contributed by atoms with van der Waals surface area (Å²) in [5.74, 6) is 1.03. The number of carbonyl (C=O) groups excluding carboxylic acids is 2. The Balaban J connectivity index is 1.19. The summed E-state index contributed by atoms with van der Waals surface area (Å²) in [6.45, 7) is 1.52. The number of nitrogens with one attached hydrogen (secondary N) is 1. The molecule has 29 heavy (non-hydrogen) atoms. The van der Waals surface area contributed by atoms with Crippen molar-refractivity contribution in [3.05, 3.63) is 41.0 Å². The Kier molecular flexibility index (Phi) is 4.90. The standard InChI is InChI=1S/C23H27N3O2S/c27-20(9-10-21-25-17-4-1-2-5-18(17)29-21)24-15-23-12-3-6-19(23)26(14-16-7-8-16)22(28)11-13-23/h1-2,4-6,16H,3,7-15H2,(H,24,27). The molecule has 2 aliphatic carbocycles. The fraction of sp³-hybridized carbons (Fsp3) is 0.522. The lowest BCUT2D eigenvalue weighted by Crippen LogP contribution is -2.48. The molecule has 5 nitrogen and oxygen atoms in total. The molecule has 2 heterocycles. The second-order valence-electron chi connectivity index (χ2n) is 8.71. The molecule has 0 spiro atoms. The normalized spacial score (nSPS) is 23.9. The maximum Gasteiger partial charge on any atom is 0.226 e. The van der Waals surface area contributed by atoms with Crippen LogP contribution in [0.4, 0.5) is 0 Å². The van der Waals surface area contributed by atoms with E-state index < -0.39 is 0 Å². The first-order chi connectivity index (χ1) is 14.1. The third kappa shape index (κ3) is 3.82. The number of hydrogen-bond donors (Lipinski definition) is 1. The Bertz CT molecular complexity index is 944. The molecule has 5 rings (SSSR count). The quantitative estimate of drug-likeness (QED) is 0.751. The van der Waals surface area contributed by atoms with Crippen LogP contribution in [0.2, 0.25) is 0 Å². The van der Waals surface area contributed by atoms with Crippen molar-refractivity contribution in [2.24, 2.45) is 11.3 Å². The molecule has 6 heteroatoms. The maximum atomic E-state index is 12.6. The molecule has 1 aromatic heterocycles. The van der Waals surface area contributed by atoms with E-state index in [0.717, 1.165) is 36.3 Å². The Morgan fingerprint density at radius 1 is 1.28 bits per heavy atom. The zero-order valence-electron chi connectivity index (χ0n) is 16.7. The molecular formula is C23H27N3O2S. The van der Waals surface area contributed by atoms with E-state index >= 15 is 0 Å². The summed E-state index contributed by atoms with van der Waals surface area (Å²) in [4.78, 5) is 31.7. The Morgan fingerprint density at radius 3 is 2.97 bits per heavy atom. The number of allylic oxidation sites excluding steroid dienone is 1. The lowest BCUT2D eigenvalue weighted by Gasteiger charge is -2.42. The highest BCUT2D eigenvalue weighted by molar-refractivity contribution is 7.18. The van der Waals surface area contributed by atoms with Gasteiger partial charge in [-0.1, -0.05) is 18.2 Å². The van der Waals surface area contributed by atoms with Crippen LogP contribution in [-0.4, -0.2) is 34.8 Å². The predicted octanol–water partition coefficient (Wildman–Crippen LogP) is 4.04. The first kappa shape index (κ1) is 18.8. The molecule has 1 atom stereocenters. The van der Waals surface area contributed by atoms with Gasteiger partial charge in [0.2, 0.25) is 11.8 Å². The van der Waals surface area contributed by atoms with E-state index in [-0.39, 0.29) is 17.2 Å². The minimum Gasteiger partial charge on any atom is -0.355 e. The number of para-hydroxylation sites is 1. The number of thiazole rings is 1. The van der Waals surface area contributed by atoms with E-state index in [1.54, 1.807) is 11.3 Å². The van der Waals surface area contributed by atoms with Crippen molar-refractivity contribution in [2.75, 3.05) is 13.1 Å². The van der Waals surface area contributed by atoms with Gasteiger partial charge in [-0.2, -0.15) is 0 Å². The highest BCUT2D eigenvalue weighted by Crippen LogP contribution is 2.48. The van der Waals surface area contributed by atoms with Crippen molar-refractivity contribution >= 4 is 33.4 Å². The summed E-state index contributed by atoms with van der Waals surface area (Å²) in [6.07, 6.45) is 9.36. The van der Waals surface area contributed by atoms with Crippen LogP contribution in [-0.2, 0) is 16.0 Å². The number of piperidine rings is 1. The minimum absolute atomic E-state index is 0.0473. The van der Waals surface area contributed by atoms with Crippen molar-refractivity contribution in [1.29, 1.82) is 0 Å². The van der Waals surface area contributed by atoms with Crippen molar-refractivity contribution in [1.82, 2.24) is 15.2 Å². The highest BCUT2D eigenvalue weighted by Gasteiger charge is 2.46. The smallest absolute Gasteiger partial charge is 0.226 e. The molecule has 1 N–H and O–H groups in total. The molecule has 0 radical (unpaired) electrons. The van der Waals surface area contributed by atoms with Gasteiger partial charge in [0.1, 0.15) is 0 Å². The molecule has 1 aliphatic heterocycles. The van der Waals surface area contributed by atoms with Crippen LogP contribution in [0.5, 0.6) is 0 Å². The van der Waals surface area contributed by atoms with Crippen LogP contribution in [0.25, 0.3) is 10.2 Å². The SMILES string of the molecule is O=C(CCc1nc2ccccc2s1)NCC12CCC=C1N(CC1CC1)C(=O)CC2.